The van der Waals surface area contributed by atoms with Crippen LogP contribution in [0.4, 0.5) is 4.39 Å². The quantitative estimate of drug-likeness (QED) is 0.600. The summed E-state index contributed by atoms with van der Waals surface area (Å²) in [5.74, 6) is -0.741. The third kappa shape index (κ3) is 1.28. The molecule has 0 saturated heterocycles. The molecule has 1 heterocycles. The van der Waals surface area contributed by atoms with Crippen molar-refractivity contribution >= 4 is 33.3 Å². The molecule has 0 fully saturated rings. The summed E-state index contributed by atoms with van der Waals surface area (Å²) in [6, 6.07) is 4.40. The maximum atomic E-state index is 13.4. The van der Waals surface area contributed by atoms with Crippen molar-refractivity contribution in [3.05, 3.63) is 24.0 Å². The number of hydrogen-bond donors (Lipinski definition) is 3. The lowest BCUT2D eigenvalue weighted by molar-refractivity contribution is 0.424. The molecule has 2 aromatic rings. The standard InChI is InChI=1S/C8H6BFO3S/c10-6-4-2-1-3-5(11)7(4)14-8(6)9(12)13/h1-3,11-13H. The molecular weight excluding hydrogens is 206 g/mol. The zero-order valence-electron chi connectivity index (χ0n) is 6.94. The Morgan fingerprint density at radius 2 is 2.00 bits per heavy atom. The van der Waals surface area contributed by atoms with Crippen molar-refractivity contribution in [2.45, 2.75) is 0 Å². The second-order valence-corrected chi connectivity index (χ2v) is 3.86. The van der Waals surface area contributed by atoms with Crippen LogP contribution in [0.3, 0.4) is 0 Å². The molecule has 0 spiro atoms. The summed E-state index contributed by atoms with van der Waals surface area (Å²) < 4.78 is 13.6. The number of hydrogen-bond acceptors (Lipinski definition) is 4. The van der Waals surface area contributed by atoms with Crippen molar-refractivity contribution in [1.29, 1.82) is 0 Å². The highest BCUT2D eigenvalue weighted by Gasteiger charge is 2.23. The molecule has 0 aliphatic carbocycles. The molecule has 0 atom stereocenters. The molecular formula is C8H6BFO3S. The normalized spacial score (nSPS) is 10.8. The third-order valence-corrected chi connectivity index (χ3v) is 3.14. The monoisotopic (exact) mass is 212 g/mol. The molecule has 0 radical (unpaired) electrons. The maximum Gasteiger partial charge on any atom is 0.502 e. The SMILES string of the molecule is OB(O)c1sc2c(O)cccc2c1F. The van der Waals surface area contributed by atoms with Gasteiger partial charge in [-0.25, -0.2) is 4.39 Å². The second kappa shape index (κ2) is 3.23. The Hall–Kier alpha value is -1.11. The minimum absolute atomic E-state index is 0.0571. The number of thiophene rings is 1. The van der Waals surface area contributed by atoms with E-state index in [1.54, 1.807) is 0 Å². The van der Waals surface area contributed by atoms with Gasteiger partial charge in [0.05, 0.1) is 9.48 Å². The average Bonchev–Trinajstić information content (AvgIpc) is 2.46. The zero-order chi connectivity index (χ0) is 10.3. The number of rotatable bonds is 1. The highest BCUT2D eigenvalue weighted by molar-refractivity contribution is 7.28. The van der Waals surface area contributed by atoms with E-state index in [9.17, 15) is 9.50 Å². The van der Waals surface area contributed by atoms with Crippen LogP contribution in [0, 0.1) is 5.82 Å². The maximum absolute atomic E-state index is 13.4. The molecule has 1 aromatic heterocycles. The lowest BCUT2D eigenvalue weighted by Crippen LogP contribution is -2.29. The summed E-state index contributed by atoms with van der Waals surface area (Å²) in [7, 11) is -1.84. The van der Waals surface area contributed by atoms with E-state index in [1.165, 1.54) is 18.2 Å². The first-order valence-corrected chi connectivity index (χ1v) is 4.69. The molecule has 0 unspecified atom stereocenters. The Kier molecular flexibility index (Phi) is 2.18. The highest BCUT2D eigenvalue weighted by atomic mass is 32.1. The molecule has 3 N–H and O–H groups in total. The molecule has 2 rings (SSSR count). The van der Waals surface area contributed by atoms with E-state index in [0.717, 1.165) is 11.3 Å². The van der Waals surface area contributed by atoms with Gasteiger partial charge in [-0.2, -0.15) is 0 Å². The van der Waals surface area contributed by atoms with Crippen LogP contribution < -0.4 is 4.78 Å². The average molecular weight is 212 g/mol. The van der Waals surface area contributed by atoms with Crippen LogP contribution in [0.15, 0.2) is 18.2 Å². The molecule has 0 saturated carbocycles. The molecule has 3 nitrogen and oxygen atoms in total. The first-order valence-electron chi connectivity index (χ1n) is 3.87. The van der Waals surface area contributed by atoms with Crippen molar-refractivity contribution in [2.24, 2.45) is 0 Å². The van der Waals surface area contributed by atoms with E-state index in [0.29, 0.717) is 4.70 Å². The van der Waals surface area contributed by atoms with Crippen molar-refractivity contribution in [2.75, 3.05) is 0 Å². The van der Waals surface area contributed by atoms with Crippen LogP contribution >= 0.6 is 11.3 Å². The van der Waals surface area contributed by atoms with E-state index in [2.05, 4.69) is 0 Å². The van der Waals surface area contributed by atoms with Crippen LogP contribution in [0.1, 0.15) is 0 Å². The van der Waals surface area contributed by atoms with Gasteiger partial charge in [0.15, 0.2) is 0 Å². The number of halogens is 1. The van der Waals surface area contributed by atoms with E-state index >= 15 is 0 Å². The van der Waals surface area contributed by atoms with Gasteiger partial charge >= 0.3 is 7.12 Å². The van der Waals surface area contributed by atoms with Crippen LogP contribution in [-0.2, 0) is 0 Å². The van der Waals surface area contributed by atoms with Gasteiger partial charge in [0.1, 0.15) is 11.6 Å². The summed E-state index contributed by atoms with van der Waals surface area (Å²) in [6.45, 7) is 0. The van der Waals surface area contributed by atoms with Gasteiger partial charge < -0.3 is 15.2 Å². The van der Waals surface area contributed by atoms with E-state index in [4.69, 9.17) is 10.0 Å². The van der Waals surface area contributed by atoms with Crippen molar-refractivity contribution in [3.8, 4) is 5.75 Å². The van der Waals surface area contributed by atoms with Gasteiger partial charge in [-0.3, -0.25) is 0 Å². The minimum atomic E-state index is -1.84. The molecule has 0 aliphatic heterocycles. The van der Waals surface area contributed by atoms with E-state index in [-0.39, 0.29) is 15.9 Å². The fourth-order valence-electron chi connectivity index (χ4n) is 1.26. The molecule has 0 amide bonds. The van der Waals surface area contributed by atoms with E-state index in [1.807, 2.05) is 0 Å². The predicted molar refractivity (Wildman–Crippen MR) is 53.3 cm³/mol. The number of fused-ring (bicyclic) bond motifs is 1. The van der Waals surface area contributed by atoms with Crippen LogP contribution in [-0.4, -0.2) is 22.3 Å². The molecule has 0 aliphatic rings. The Morgan fingerprint density at radius 3 is 2.57 bits per heavy atom. The summed E-state index contributed by atoms with van der Waals surface area (Å²) in [5, 5.41) is 27.3. The summed E-state index contributed by atoms with van der Waals surface area (Å²) in [6.07, 6.45) is 0. The fourth-order valence-corrected chi connectivity index (χ4v) is 2.22. The number of phenolic OH excluding ortho intramolecular Hbond substituents is 1. The molecule has 14 heavy (non-hydrogen) atoms. The molecule has 6 heteroatoms. The molecule has 1 aromatic carbocycles. The number of benzene rings is 1. The third-order valence-electron chi connectivity index (χ3n) is 1.89. The van der Waals surface area contributed by atoms with Gasteiger partial charge in [-0.05, 0) is 6.07 Å². The fraction of sp³-hybridized carbons (Fsp3) is 0. The van der Waals surface area contributed by atoms with Gasteiger partial charge in [-0.15, -0.1) is 11.3 Å². The smallest absolute Gasteiger partial charge is 0.502 e. The summed E-state index contributed by atoms with van der Waals surface area (Å²) >= 11 is 0.834. The molecule has 72 valence electrons. The van der Waals surface area contributed by atoms with Crippen molar-refractivity contribution in [3.63, 3.8) is 0 Å². The Bertz CT molecular complexity index is 483. The zero-order valence-corrected chi connectivity index (χ0v) is 7.75. The van der Waals surface area contributed by atoms with Crippen LogP contribution in [0.2, 0.25) is 0 Å². The van der Waals surface area contributed by atoms with Gasteiger partial charge in [0.2, 0.25) is 0 Å². The van der Waals surface area contributed by atoms with Crippen LogP contribution in [0.25, 0.3) is 10.1 Å². The van der Waals surface area contributed by atoms with Crippen molar-refractivity contribution < 1.29 is 19.5 Å². The van der Waals surface area contributed by atoms with Gasteiger partial charge in [0.25, 0.3) is 0 Å². The Labute approximate surface area is 83.2 Å². The predicted octanol–water partition coefficient (Wildman–Crippen LogP) is 0.426. The lowest BCUT2D eigenvalue weighted by Gasteiger charge is -1.92. The first kappa shape index (κ1) is 9.45. The Balaban J connectivity index is 2.80. The first-order chi connectivity index (χ1) is 6.61. The highest BCUT2D eigenvalue weighted by Crippen LogP contribution is 2.30. The topological polar surface area (TPSA) is 60.7 Å². The minimum Gasteiger partial charge on any atom is -0.506 e. The summed E-state index contributed by atoms with van der Waals surface area (Å²) in [4.78, 5) is 0. The molecule has 0 bridgehead atoms. The summed E-state index contributed by atoms with van der Waals surface area (Å²) in [5.41, 5.74) is 0. The number of phenols is 1. The van der Waals surface area contributed by atoms with Crippen molar-refractivity contribution in [1.82, 2.24) is 0 Å². The largest absolute Gasteiger partial charge is 0.506 e. The Morgan fingerprint density at radius 1 is 1.29 bits per heavy atom. The van der Waals surface area contributed by atoms with Crippen LogP contribution in [0.5, 0.6) is 5.75 Å². The van der Waals surface area contributed by atoms with E-state index < -0.39 is 12.9 Å². The lowest BCUT2D eigenvalue weighted by atomic mass is 9.88. The van der Waals surface area contributed by atoms with Gasteiger partial charge in [-0.1, -0.05) is 12.1 Å². The second-order valence-electron chi connectivity index (χ2n) is 2.81. The number of aromatic hydroxyl groups is 1. The van der Waals surface area contributed by atoms with Gasteiger partial charge in [0, 0.05) is 5.39 Å².